The predicted molar refractivity (Wildman–Crippen MR) is 94.2 cm³/mol. The standard InChI is InChI=1S/C18H24FN3O4/c1-3-26-18(25)21-12-10-20(11-13-21)17(24)8-9-22(14(2)23)16-7-5-4-6-15(16)19/h4-7H,3,8-13H2,1-2H3. The molecule has 1 fully saturated rings. The van der Waals surface area contributed by atoms with Crippen LogP contribution in [0.3, 0.4) is 0 Å². The maximum absolute atomic E-state index is 13.9. The zero-order chi connectivity index (χ0) is 19.1. The summed E-state index contributed by atoms with van der Waals surface area (Å²) in [7, 11) is 0. The SMILES string of the molecule is CCOC(=O)N1CCN(C(=O)CCN(C(C)=O)c2ccccc2F)CC1. The van der Waals surface area contributed by atoms with E-state index in [2.05, 4.69) is 0 Å². The van der Waals surface area contributed by atoms with Crippen molar-refractivity contribution < 1.29 is 23.5 Å². The van der Waals surface area contributed by atoms with Crippen molar-refractivity contribution in [2.24, 2.45) is 0 Å². The lowest BCUT2D eigenvalue weighted by Crippen LogP contribution is -2.51. The molecule has 8 heteroatoms. The molecule has 0 unspecified atom stereocenters. The molecule has 0 aromatic heterocycles. The van der Waals surface area contributed by atoms with Gasteiger partial charge < -0.3 is 19.4 Å². The number of carbonyl (C=O) groups excluding carboxylic acids is 3. The van der Waals surface area contributed by atoms with Crippen LogP contribution in [0, 0.1) is 5.82 Å². The number of piperazine rings is 1. The highest BCUT2D eigenvalue weighted by molar-refractivity contribution is 5.92. The fourth-order valence-corrected chi connectivity index (χ4v) is 2.84. The summed E-state index contributed by atoms with van der Waals surface area (Å²) in [6, 6.07) is 5.98. The van der Waals surface area contributed by atoms with Gasteiger partial charge in [0.05, 0.1) is 12.3 Å². The van der Waals surface area contributed by atoms with Crippen LogP contribution in [0.2, 0.25) is 0 Å². The molecule has 142 valence electrons. The summed E-state index contributed by atoms with van der Waals surface area (Å²) in [6.07, 6.45) is -0.283. The third-order valence-corrected chi connectivity index (χ3v) is 4.23. The van der Waals surface area contributed by atoms with Gasteiger partial charge in [0.1, 0.15) is 5.82 Å². The Bertz CT molecular complexity index is 660. The van der Waals surface area contributed by atoms with E-state index < -0.39 is 5.82 Å². The number of nitrogens with zero attached hydrogens (tertiary/aromatic N) is 3. The Morgan fingerprint density at radius 1 is 1.12 bits per heavy atom. The van der Waals surface area contributed by atoms with Crippen LogP contribution in [-0.2, 0) is 14.3 Å². The average Bonchev–Trinajstić information content (AvgIpc) is 2.63. The first-order valence-electron chi connectivity index (χ1n) is 8.66. The highest BCUT2D eigenvalue weighted by Crippen LogP contribution is 2.19. The van der Waals surface area contributed by atoms with Crippen LogP contribution >= 0.6 is 0 Å². The van der Waals surface area contributed by atoms with E-state index in [9.17, 15) is 18.8 Å². The van der Waals surface area contributed by atoms with Crippen LogP contribution in [0.15, 0.2) is 24.3 Å². The number of hydrogen-bond acceptors (Lipinski definition) is 4. The van der Waals surface area contributed by atoms with Crippen LogP contribution in [-0.4, -0.2) is 67.0 Å². The third-order valence-electron chi connectivity index (χ3n) is 4.23. The molecule has 0 saturated carbocycles. The molecule has 0 atom stereocenters. The second kappa shape index (κ2) is 9.17. The number of benzene rings is 1. The van der Waals surface area contributed by atoms with Gasteiger partial charge in [0, 0.05) is 46.1 Å². The van der Waals surface area contributed by atoms with E-state index >= 15 is 0 Å². The Balaban J connectivity index is 1.89. The first-order valence-corrected chi connectivity index (χ1v) is 8.66. The lowest BCUT2D eigenvalue weighted by molar-refractivity contribution is -0.132. The van der Waals surface area contributed by atoms with Crippen molar-refractivity contribution in [1.82, 2.24) is 9.80 Å². The fourth-order valence-electron chi connectivity index (χ4n) is 2.84. The molecule has 1 aromatic carbocycles. The number of rotatable bonds is 5. The summed E-state index contributed by atoms with van der Waals surface area (Å²) in [5.41, 5.74) is 0.167. The van der Waals surface area contributed by atoms with Crippen molar-refractivity contribution in [2.45, 2.75) is 20.3 Å². The molecule has 0 bridgehead atoms. The lowest BCUT2D eigenvalue weighted by atomic mass is 10.2. The van der Waals surface area contributed by atoms with E-state index in [1.807, 2.05) is 0 Å². The maximum atomic E-state index is 13.9. The van der Waals surface area contributed by atoms with Gasteiger partial charge in [0.2, 0.25) is 11.8 Å². The molecule has 1 saturated heterocycles. The maximum Gasteiger partial charge on any atom is 0.409 e. The number of anilines is 1. The molecule has 26 heavy (non-hydrogen) atoms. The van der Waals surface area contributed by atoms with Crippen LogP contribution in [0.5, 0.6) is 0 Å². The first-order chi connectivity index (χ1) is 12.4. The Hall–Kier alpha value is -2.64. The molecule has 1 aliphatic heterocycles. The molecule has 0 aliphatic carbocycles. The van der Waals surface area contributed by atoms with Gasteiger partial charge >= 0.3 is 6.09 Å². The topological polar surface area (TPSA) is 70.2 Å². The van der Waals surface area contributed by atoms with E-state index in [0.29, 0.717) is 32.8 Å². The molecular weight excluding hydrogens is 341 g/mol. The zero-order valence-electron chi connectivity index (χ0n) is 15.1. The molecule has 3 amide bonds. The first kappa shape index (κ1) is 19.7. The predicted octanol–water partition coefficient (Wildman–Crippen LogP) is 1.87. The molecule has 1 heterocycles. The molecule has 0 spiro atoms. The summed E-state index contributed by atoms with van der Waals surface area (Å²) in [5.74, 6) is -0.954. The molecule has 1 aliphatic rings. The van der Waals surface area contributed by atoms with Crippen molar-refractivity contribution in [1.29, 1.82) is 0 Å². The largest absolute Gasteiger partial charge is 0.450 e. The summed E-state index contributed by atoms with van der Waals surface area (Å²) in [5, 5.41) is 0. The number of carbonyl (C=O) groups is 3. The zero-order valence-corrected chi connectivity index (χ0v) is 15.1. The van der Waals surface area contributed by atoms with E-state index in [0.717, 1.165) is 0 Å². The average molecular weight is 365 g/mol. The van der Waals surface area contributed by atoms with Gasteiger partial charge in [-0.15, -0.1) is 0 Å². The quantitative estimate of drug-likeness (QED) is 0.799. The van der Waals surface area contributed by atoms with Crippen molar-refractivity contribution >= 4 is 23.6 Å². The monoisotopic (exact) mass is 365 g/mol. The number of halogens is 1. The number of para-hydroxylation sites is 1. The summed E-state index contributed by atoms with van der Waals surface area (Å²) in [6.45, 7) is 5.16. The van der Waals surface area contributed by atoms with Gasteiger partial charge in [-0.3, -0.25) is 9.59 Å². The minimum absolute atomic E-state index is 0.0906. The molecule has 1 aromatic rings. The lowest BCUT2D eigenvalue weighted by Gasteiger charge is -2.34. The summed E-state index contributed by atoms with van der Waals surface area (Å²) < 4.78 is 18.9. The third kappa shape index (κ3) is 4.93. The van der Waals surface area contributed by atoms with Gasteiger partial charge in [0.25, 0.3) is 0 Å². The highest BCUT2D eigenvalue weighted by Gasteiger charge is 2.25. The van der Waals surface area contributed by atoms with Crippen molar-refractivity contribution in [3.63, 3.8) is 0 Å². The van der Waals surface area contributed by atoms with E-state index in [-0.39, 0.29) is 36.6 Å². The van der Waals surface area contributed by atoms with Crippen LogP contribution in [0.25, 0.3) is 0 Å². The molecule has 0 radical (unpaired) electrons. The minimum Gasteiger partial charge on any atom is -0.450 e. The van der Waals surface area contributed by atoms with Gasteiger partial charge in [-0.05, 0) is 19.1 Å². The van der Waals surface area contributed by atoms with Gasteiger partial charge in [-0.1, -0.05) is 12.1 Å². The number of ether oxygens (including phenoxy) is 1. The van der Waals surface area contributed by atoms with Crippen molar-refractivity contribution in [2.75, 3.05) is 44.2 Å². The second-order valence-corrected chi connectivity index (χ2v) is 5.94. The summed E-state index contributed by atoms with van der Waals surface area (Å²) >= 11 is 0. The van der Waals surface area contributed by atoms with Crippen molar-refractivity contribution in [3.8, 4) is 0 Å². The van der Waals surface area contributed by atoms with Gasteiger partial charge in [-0.2, -0.15) is 0 Å². The normalized spacial score (nSPS) is 14.1. The van der Waals surface area contributed by atoms with E-state index in [1.54, 1.807) is 28.9 Å². The summed E-state index contributed by atoms with van der Waals surface area (Å²) in [4.78, 5) is 40.4. The van der Waals surface area contributed by atoms with Crippen molar-refractivity contribution in [3.05, 3.63) is 30.1 Å². The number of amides is 3. The number of hydrogen-bond donors (Lipinski definition) is 0. The smallest absolute Gasteiger partial charge is 0.409 e. The molecule has 7 nitrogen and oxygen atoms in total. The second-order valence-electron chi connectivity index (χ2n) is 5.94. The Morgan fingerprint density at radius 2 is 1.73 bits per heavy atom. The minimum atomic E-state index is -0.502. The Kier molecular flexibility index (Phi) is 6.94. The van der Waals surface area contributed by atoms with E-state index in [1.165, 1.54) is 24.0 Å². The van der Waals surface area contributed by atoms with Crippen LogP contribution in [0.1, 0.15) is 20.3 Å². The van der Waals surface area contributed by atoms with Crippen LogP contribution < -0.4 is 4.90 Å². The molecule has 0 N–H and O–H groups in total. The fraction of sp³-hybridized carbons (Fsp3) is 0.500. The van der Waals surface area contributed by atoms with Gasteiger partial charge in [0.15, 0.2) is 0 Å². The Labute approximate surface area is 152 Å². The van der Waals surface area contributed by atoms with Gasteiger partial charge in [-0.25, -0.2) is 9.18 Å². The Morgan fingerprint density at radius 3 is 2.31 bits per heavy atom. The molecular formula is C18H24FN3O4. The highest BCUT2D eigenvalue weighted by atomic mass is 19.1. The van der Waals surface area contributed by atoms with E-state index in [4.69, 9.17) is 4.74 Å². The molecule has 2 rings (SSSR count). The van der Waals surface area contributed by atoms with Crippen LogP contribution in [0.4, 0.5) is 14.9 Å².